The minimum absolute atomic E-state index is 0.0141. The highest BCUT2D eigenvalue weighted by molar-refractivity contribution is 9.11. The molecule has 0 bridgehead atoms. The third-order valence-electron chi connectivity index (χ3n) is 3.88. The highest BCUT2D eigenvalue weighted by atomic mass is 79.9. The van der Waals surface area contributed by atoms with Crippen molar-refractivity contribution >= 4 is 51.7 Å². The van der Waals surface area contributed by atoms with Crippen LogP contribution in [0.1, 0.15) is 13.3 Å². The maximum absolute atomic E-state index is 13.1. The molecule has 1 aromatic rings. The summed E-state index contributed by atoms with van der Waals surface area (Å²) < 4.78 is 52.3. The van der Waals surface area contributed by atoms with E-state index >= 15 is 0 Å². The Morgan fingerprint density at radius 3 is 2.52 bits per heavy atom. The molecule has 6 nitrogen and oxygen atoms in total. The molecule has 1 heterocycles. The van der Waals surface area contributed by atoms with Crippen LogP contribution < -0.4 is 5.73 Å². The van der Waals surface area contributed by atoms with Gasteiger partial charge in [-0.1, -0.05) is 15.9 Å². The Hall–Kier alpha value is -0.000000000000000111. The molecule has 0 unspecified atom stereocenters. The molecule has 0 aromatic heterocycles. The molecule has 0 amide bonds. The number of benzene rings is 1. The van der Waals surface area contributed by atoms with Crippen LogP contribution in [0.15, 0.2) is 32.0 Å². The summed E-state index contributed by atoms with van der Waals surface area (Å²) in [6.07, 6.45) is 0.264. The van der Waals surface area contributed by atoms with Crippen LogP contribution in [0.5, 0.6) is 0 Å². The molecule has 2 N–H and O–H groups in total. The van der Waals surface area contributed by atoms with E-state index in [4.69, 9.17) is 5.73 Å². The van der Waals surface area contributed by atoms with Gasteiger partial charge in [0.2, 0.25) is 10.0 Å². The first kappa shape index (κ1) is 19.3. The highest BCUT2D eigenvalue weighted by Crippen LogP contribution is 2.36. The van der Waals surface area contributed by atoms with Gasteiger partial charge in [-0.3, -0.25) is 0 Å². The number of hydrogen-bond acceptors (Lipinski definition) is 5. The predicted molar refractivity (Wildman–Crippen MR) is 96.5 cm³/mol. The minimum atomic E-state index is -3.90. The zero-order valence-corrected chi connectivity index (χ0v) is 17.3. The van der Waals surface area contributed by atoms with Crippen LogP contribution in [-0.4, -0.2) is 51.3 Å². The van der Waals surface area contributed by atoms with Crippen LogP contribution in [0, 0.1) is 0 Å². The van der Waals surface area contributed by atoms with Crippen molar-refractivity contribution in [3.63, 3.8) is 0 Å². The summed E-state index contributed by atoms with van der Waals surface area (Å²) in [6, 6.07) is 4.85. The van der Waals surface area contributed by atoms with Crippen molar-refractivity contribution < 1.29 is 16.8 Å². The lowest BCUT2D eigenvalue weighted by molar-refractivity contribution is 0.238. The number of rotatable bonds is 5. The molecule has 2 rings (SSSR count). The van der Waals surface area contributed by atoms with Gasteiger partial charge in [-0.15, -0.1) is 0 Å². The minimum Gasteiger partial charge on any atom is -0.329 e. The number of hydrogen-bond donors (Lipinski definition) is 1. The Bertz CT molecular complexity index is 811. The van der Waals surface area contributed by atoms with E-state index in [0.29, 0.717) is 8.95 Å². The summed E-state index contributed by atoms with van der Waals surface area (Å²) in [7, 11) is -7.14. The summed E-state index contributed by atoms with van der Waals surface area (Å²) in [6.45, 7) is 1.84. The largest absolute Gasteiger partial charge is 0.329 e. The molecule has 10 heteroatoms. The Morgan fingerprint density at radius 2 is 2.00 bits per heavy atom. The first-order valence-corrected chi connectivity index (χ1v) is 11.7. The summed E-state index contributed by atoms with van der Waals surface area (Å²) in [5, 5.41) is 0. The average Bonchev–Trinajstić information content (AvgIpc) is 2.73. The van der Waals surface area contributed by atoms with Crippen molar-refractivity contribution in [2.75, 3.05) is 24.6 Å². The third-order valence-corrected chi connectivity index (χ3v) is 9.31. The molecule has 1 aromatic carbocycles. The summed E-state index contributed by atoms with van der Waals surface area (Å²) in [5.41, 5.74) is 4.60. The molecular formula is C13H18Br2N2O4S2. The second-order valence-electron chi connectivity index (χ2n) is 5.78. The average molecular weight is 490 g/mol. The number of nitrogens with two attached hydrogens (primary N) is 1. The highest BCUT2D eigenvalue weighted by Gasteiger charge is 2.48. The normalized spacial score (nSPS) is 24.2. The van der Waals surface area contributed by atoms with Crippen molar-refractivity contribution in [1.82, 2.24) is 4.31 Å². The Morgan fingerprint density at radius 1 is 1.35 bits per heavy atom. The lowest BCUT2D eigenvalue weighted by Crippen LogP contribution is -2.52. The van der Waals surface area contributed by atoms with Crippen LogP contribution >= 0.6 is 31.9 Å². The van der Waals surface area contributed by atoms with Gasteiger partial charge in [0.1, 0.15) is 0 Å². The van der Waals surface area contributed by atoms with Crippen molar-refractivity contribution in [2.24, 2.45) is 5.73 Å². The number of sulfonamides is 1. The van der Waals surface area contributed by atoms with E-state index in [9.17, 15) is 16.8 Å². The second-order valence-corrected chi connectivity index (χ2v) is 11.6. The quantitative estimate of drug-likeness (QED) is 0.679. The molecule has 1 fully saturated rings. The molecule has 23 heavy (non-hydrogen) atoms. The Balaban J connectivity index is 2.54. The molecule has 0 radical (unpaired) electrons. The van der Waals surface area contributed by atoms with Gasteiger partial charge in [0.05, 0.1) is 16.4 Å². The first-order valence-electron chi connectivity index (χ1n) is 6.90. The van der Waals surface area contributed by atoms with Crippen LogP contribution in [0.2, 0.25) is 0 Å². The van der Waals surface area contributed by atoms with E-state index in [1.807, 2.05) is 0 Å². The molecule has 0 aliphatic carbocycles. The van der Waals surface area contributed by atoms with Gasteiger partial charge >= 0.3 is 0 Å². The van der Waals surface area contributed by atoms with Gasteiger partial charge in [-0.25, -0.2) is 16.8 Å². The van der Waals surface area contributed by atoms with Crippen molar-refractivity contribution in [1.29, 1.82) is 0 Å². The van der Waals surface area contributed by atoms with E-state index in [1.165, 1.54) is 10.4 Å². The smallest absolute Gasteiger partial charge is 0.244 e. The molecule has 1 atom stereocenters. The van der Waals surface area contributed by atoms with Gasteiger partial charge in [0.15, 0.2) is 9.84 Å². The summed E-state index contributed by atoms with van der Waals surface area (Å²) >= 11 is 6.53. The third kappa shape index (κ3) is 3.98. The van der Waals surface area contributed by atoms with Crippen molar-refractivity contribution in [2.45, 2.75) is 23.8 Å². The van der Waals surface area contributed by atoms with Crippen LogP contribution in [0.4, 0.5) is 0 Å². The molecule has 1 aliphatic rings. The fourth-order valence-corrected chi connectivity index (χ4v) is 8.29. The monoisotopic (exact) mass is 488 g/mol. The summed E-state index contributed by atoms with van der Waals surface area (Å²) in [5.74, 6) is -0.204. The molecular weight excluding hydrogens is 472 g/mol. The van der Waals surface area contributed by atoms with E-state index in [1.54, 1.807) is 19.1 Å². The fraction of sp³-hybridized carbons (Fsp3) is 0.538. The second kappa shape index (κ2) is 6.72. The number of halogens is 2. The van der Waals surface area contributed by atoms with E-state index < -0.39 is 25.4 Å². The molecule has 0 saturated carbocycles. The van der Waals surface area contributed by atoms with E-state index in [0.717, 1.165) is 0 Å². The van der Waals surface area contributed by atoms with E-state index in [2.05, 4.69) is 31.9 Å². The maximum Gasteiger partial charge on any atom is 0.244 e. The zero-order chi connectivity index (χ0) is 17.5. The van der Waals surface area contributed by atoms with Gasteiger partial charge in [0, 0.05) is 27.6 Å². The standard InChI is InChI=1S/C13H18Br2N2O4S2/c1-13(4-7-22(18,19)9-13)17(6-5-16)23(20,21)12-8-10(14)2-3-11(12)15/h2-3,8H,4-7,9,16H2,1H3/t13-/m1/s1. The van der Waals surface area contributed by atoms with Gasteiger partial charge in [0.25, 0.3) is 0 Å². The topological polar surface area (TPSA) is 97.5 Å². The van der Waals surface area contributed by atoms with Gasteiger partial charge < -0.3 is 5.73 Å². The number of sulfone groups is 1. The number of nitrogens with zero attached hydrogens (tertiary/aromatic N) is 1. The molecule has 1 saturated heterocycles. The maximum atomic E-state index is 13.1. The van der Waals surface area contributed by atoms with E-state index in [-0.39, 0.29) is 35.9 Å². The van der Waals surface area contributed by atoms with Crippen molar-refractivity contribution in [3.05, 3.63) is 27.1 Å². The Labute approximate surface area is 153 Å². The fourth-order valence-electron chi connectivity index (χ4n) is 2.78. The van der Waals surface area contributed by atoms with Crippen LogP contribution in [0.3, 0.4) is 0 Å². The lowest BCUT2D eigenvalue weighted by atomic mass is 10.0. The Kier molecular flexibility index (Phi) is 5.65. The molecule has 130 valence electrons. The summed E-state index contributed by atoms with van der Waals surface area (Å²) in [4.78, 5) is 0.0887. The van der Waals surface area contributed by atoms with Gasteiger partial charge in [-0.2, -0.15) is 4.31 Å². The zero-order valence-electron chi connectivity index (χ0n) is 12.5. The lowest BCUT2D eigenvalue weighted by Gasteiger charge is -2.36. The van der Waals surface area contributed by atoms with Crippen molar-refractivity contribution in [3.8, 4) is 0 Å². The SMILES string of the molecule is C[C@@]1(N(CCN)S(=O)(=O)c2cc(Br)ccc2Br)CCS(=O)(=O)C1. The molecule has 1 aliphatic heterocycles. The first-order chi connectivity index (χ1) is 10.5. The van der Waals surface area contributed by atoms with Crippen LogP contribution in [0.25, 0.3) is 0 Å². The van der Waals surface area contributed by atoms with Crippen LogP contribution in [-0.2, 0) is 19.9 Å². The van der Waals surface area contributed by atoms with Gasteiger partial charge in [-0.05, 0) is 47.5 Å². The molecule has 0 spiro atoms. The predicted octanol–water partition coefficient (Wildman–Crippen LogP) is 1.74.